The van der Waals surface area contributed by atoms with Gasteiger partial charge in [-0.25, -0.2) is 9.98 Å². The number of guanidine groups is 1. The van der Waals surface area contributed by atoms with Gasteiger partial charge < -0.3 is 19.7 Å². The van der Waals surface area contributed by atoms with Crippen LogP contribution in [0.1, 0.15) is 44.6 Å². The Balaban J connectivity index is 0.00000261. The van der Waals surface area contributed by atoms with E-state index in [1.165, 1.54) is 32.1 Å². The van der Waals surface area contributed by atoms with E-state index < -0.39 is 0 Å². The van der Waals surface area contributed by atoms with Crippen LogP contribution in [0.3, 0.4) is 0 Å². The number of likely N-dealkylation sites (tertiary alicyclic amines) is 1. The molecule has 1 N–H and O–H groups in total. The number of methoxy groups -OCH3 is 1. The quantitative estimate of drug-likeness (QED) is 0.276. The number of halogens is 1. The van der Waals surface area contributed by atoms with E-state index in [9.17, 15) is 0 Å². The van der Waals surface area contributed by atoms with Gasteiger partial charge in [0.05, 0.1) is 13.2 Å². The lowest BCUT2D eigenvalue weighted by molar-refractivity contribution is 0.143. The molecule has 1 saturated heterocycles. The smallest absolute Gasteiger partial charge is 0.218 e. The molecular weight excluding hydrogens is 455 g/mol. The van der Waals surface area contributed by atoms with E-state index in [1.807, 2.05) is 12.1 Å². The molecule has 1 aliphatic carbocycles. The molecule has 1 spiro atoms. The number of rotatable bonds is 7. The molecule has 3 rings (SSSR count). The fourth-order valence-electron chi connectivity index (χ4n) is 4.13. The number of nitrogens with one attached hydrogen (secondary N) is 1. The predicted octanol–water partition coefficient (Wildman–Crippen LogP) is 3.46. The Bertz CT molecular complexity index is 605. The van der Waals surface area contributed by atoms with Gasteiger partial charge in [0.15, 0.2) is 5.96 Å². The monoisotopic (exact) mass is 488 g/mol. The molecule has 1 aromatic rings. The number of aromatic nitrogens is 1. The summed E-state index contributed by atoms with van der Waals surface area (Å²) >= 11 is 0. The first-order chi connectivity index (χ1) is 12.8. The first-order valence-corrected chi connectivity index (χ1v) is 9.85. The largest absolute Gasteiger partial charge is 0.475 e. The van der Waals surface area contributed by atoms with Crippen molar-refractivity contribution in [2.45, 2.75) is 45.6 Å². The van der Waals surface area contributed by atoms with Crippen molar-refractivity contribution in [1.29, 1.82) is 0 Å². The zero-order valence-corrected chi connectivity index (χ0v) is 18.9. The molecule has 27 heavy (non-hydrogen) atoms. The van der Waals surface area contributed by atoms with Crippen LogP contribution in [0.5, 0.6) is 5.88 Å². The maximum atomic E-state index is 5.73. The summed E-state index contributed by atoms with van der Waals surface area (Å²) in [6.07, 6.45) is 8.59. The minimum atomic E-state index is 0. The van der Waals surface area contributed by atoms with Crippen molar-refractivity contribution < 1.29 is 9.47 Å². The van der Waals surface area contributed by atoms with Crippen LogP contribution < -0.4 is 10.1 Å². The van der Waals surface area contributed by atoms with Gasteiger partial charge in [0, 0.05) is 38.5 Å². The Morgan fingerprint density at radius 1 is 1.30 bits per heavy atom. The van der Waals surface area contributed by atoms with E-state index in [4.69, 9.17) is 14.5 Å². The minimum Gasteiger partial charge on any atom is -0.475 e. The van der Waals surface area contributed by atoms with Crippen molar-refractivity contribution in [3.63, 3.8) is 0 Å². The van der Waals surface area contributed by atoms with Crippen LogP contribution in [-0.4, -0.2) is 55.8 Å². The highest BCUT2D eigenvalue weighted by molar-refractivity contribution is 14.0. The molecule has 0 aromatic carbocycles. The normalized spacial score (nSPS) is 18.6. The average molecular weight is 488 g/mol. The second-order valence-corrected chi connectivity index (χ2v) is 7.36. The molecule has 0 atom stereocenters. The highest BCUT2D eigenvalue weighted by atomic mass is 127. The molecule has 6 nitrogen and oxygen atoms in total. The summed E-state index contributed by atoms with van der Waals surface area (Å²) < 4.78 is 10.8. The molecule has 0 bridgehead atoms. The summed E-state index contributed by atoms with van der Waals surface area (Å²) in [4.78, 5) is 11.7. The van der Waals surface area contributed by atoms with Gasteiger partial charge in [0.2, 0.25) is 5.88 Å². The molecule has 0 radical (unpaired) electrons. The number of hydrogen-bond acceptors (Lipinski definition) is 4. The Kier molecular flexibility index (Phi) is 9.08. The summed E-state index contributed by atoms with van der Waals surface area (Å²) in [5.41, 5.74) is 1.55. The number of ether oxygens (including phenoxy) is 2. The first kappa shape index (κ1) is 22.2. The number of nitrogens with zero attached hydrogens (tertiary/aromatic N) is 3. The third-order valence-electron chi connectivity index (χ3n) is 5.51. The average Bonchev–Trinajstić information content (AvgIpc) is 3.30. The molecule has 1 aliphatic heterocycles. The topological polar surface area (TPSA) is 59.0 Å². The molecule has 0 unspecified atom stereocenters. The molecule has 152 valence electrons. The molecule has 2 heterocycles. The van der Waals surface area contributed by atoms with Crippen molar-refractivity contribution in [1.82, 2.24) is 15.2 Å². The van der Waals surface area contributed by atoms with Crippen LogP contribution in [0.4, 0.5) is 0 Å². The fraction of sp³-hybridized carbons (Fsp3) is 0.700. The van der Waals surface area contributed by atoms with E-state index in [-0.39, 0.29) is 24.0 Å². The molecule has 2 fully saturated rings. The number of aliphatic imine (C=N–C) groups is 1. The molecule has 1 aromatic heterocycles. The van der Waals surface area contributed by atoms with E-state index in [2.05, 4.69) is 22.1 Å². The SMILES string of the molecule is CCNC(=NCc1cccnc1OCCOC)N1CCC2(CCCC2)C1.I. The first-order valence-electron chi connectivity index (χ1n) is 9.85. The van der Waals surface area contributed by atoms with Gasteiger partial charge in [0.1, 0.15) is 6.61 Å². The van der Waals surface area contributed by atoms with Crippen LogP contribution >= 0.6 is 24.0 Å². The second-order valence-electron chi connectivity index (χ2n) is 7.36. The van der Waals surface area contributed by atoms with Crippen molar-refractivity contribution in [3.8, 4) is 5.88 Å². The van der Waals surface area contributed by atoms with E-state index in [0.29, 0.717) is 31.1 Å². The Morgan fingerprint density at radius 2 is 2.11 bits per heavy atom. The summed E-state index contributed by atoms with van der Waals surface area (Å²) in [6.45, 7) is 6.88. The Labute approximate surface area is 180 Å². The van der Waals surface area contributed by atoms with Crippen LogP contribution in [0.2, 0.25) is 0 Å². The highest BCUT2D eigenvalue weighted by Gasteiger charge is 2.41. The lowest BCUT2D eigenvalue weighted by Crippen LogP contribution is -2.41. The minimum absolute atomic E-state index is 0. The molecular formula is C20H33IN4O2. The van der Waals surface area contributed by atoms with Crippen molar-refractivity contribution in [3.05, 3.63) is 23.9 Å². The lowest BCUT2D eigenvalue weighted by Gasteiger charge is -2.26. The van der Waals surface area contributed by atoms with Crippen LogP contribution in [0.25, 0.3) is 0 Å². The zero-order valence-electron chi connectivity index (χ0n) is 16.6. The van der Waals surface area contributed by atoms with Gasteiger partial charge >= 0.3 is 0 Å². The Hall–Kier alpha value is -1.09. The van der Waals surface area contributed by atoms with E-state index in [1.54, 1.807) is 13.3 Å². The van der Waals surface area contributed by atoms with E-state index in [0.717, 1.165) is 31.2 Å². The summed E-state index contributed by atoms with van der Waals surface area (Å²) in [6, 6.07) is 3.97. The summed E-state index contributed by atoms with van der Waals surface area (Å²) in [5, 5.41) is 3.47. The van der Waals surface area contributed by atoms with Crippen molar-refractivity contribution >= 4 is 29.9 Å². The summed E-state index contributed by atoms with van der Waals surface area (Å²) in [7, 11) is 1.67. The second kappa shape index (κ2) is 11.0. The van der Waals surface area contributed by atoms with Gasteiger partial charge in [0.25, 0.3) is 0 Å². The van der Waals surface area contributed by atoms with Gasteiger partial charge in [-0.1, -0.05) is 18.9 Å². The summed E-state index contributed by atoms with van der Waals surface area (Å²) in [5.74, 6) is 1.67. The predicted molar refractivity (Wildman–Crippen MR) is 119 cm³/mol. The van der Waals surface area contributed by atoms with E-state index >= 15 is 0 Å². The third-order valence-corrected chi connectivity index (χ3v) is 5.51. The number of pyridine rings is 1. The zero-order chi connectivity index (χ0) is 18.2. The molecule has 7 heteroatoms. The highest BCUT2D eigenvalue weighted by Crippen LogP contribution is 2.45. The molecule has 2 aliphatic rings. The maximum absolute atomic E-state index is 5.73. The molecule has 1 saturated carbocycles. The third kappa shape index (κ3) is 5.94. The molecule has 0 amide bonds. The standard InChI is InChI=1S/C20H32N4O2.HI/c1-3-21-19(24-12-10-20(16-24)8-4-5-9-20)23-15-17-7-6-11-22-18(17)26-14-13-25-2;/h6-7,11H,3-5,8-10,12-16H2,1-2H3,(H,21,23);1H. The van der Waals surface area contributed by atoms with Crippen LogP contribution in [0.15, 0.2) is 23.3 Å². The van der Waals surface area contributed by atoms with Gasteiger partial charge in [-0.3, -0.25) is 0 Å². The van der Waals surface area contributed by atoms with Crippen molar-refractivity contribution in [2.24, 2.45) is 10.4 Å². The van der Waals surface area contributed by atoms with Crippen LogP contribution in [-0.2, 0) is 11.3 Å². The van der Waals surface area contributed by atoms with Crippen LogP contribution in [0, 0.1) is 5.41 Å². The van der Waals surface area contributed by atoms with Gasteiger partial charge in [-0.05, 0) is 37.7 Å². The van der Waals surface area contributed by atoms with Gasteiger partial charge in [-0.2, -0.15) is 0 Å². The maximum Gasteiger partial charge on any atom is 0.218 e. The van der Waals surface area contributed by atoms with Crippen molar-refractivity contribution in [2.75, 3.05) is 40.0 Å². The Morgan fingerprint density at radius 3 is 2.85 bits per heavy atom. The lowest BCUT2D eigenvalue weighted by atomic mass is 9.86. The number of hydrogen-bond donors (Lipinski definition) is 1. The van der Waals surface area contributed by atoms with Gasteiger partial charge in [-0.15, -0.1) is 24.0 Å². The fourth-order valence-corrected chi connectivity index (χ4v) is 4.13.